The minimum atomic E-state index is -2.72. The molecule has 0 heterocycles. The number of amides is 1. The SMILES string of the molecule is NC(=O)C(C1CCCC1)[P+](O)(S)S. The van der Waals surface area contributed by atoms with Crippen LogP contribution in [-0.2, 0) is 4.79 Å². The first-order chi connectivity index (χ1) is 5.93. The molecule has 3 nitrogen and oxygen atoms in total. The third kappa shape index (κ3) is 3.01. The summed E-state index contributed by atoms with van der Waals surface area (Å²) in [6.45, 7) is 0. The summed E-state index contributed by atoms with van der Waals surface area (Å²) < 4.78 is 0. The number of nitrogens with two attached hydrogens (primary N) is 1. The van der Waals surface area contributed by atoms with E-state index in [2.05, 4.69) is 24.5 Å². The van der Waals surface area contributed by atoms with E-state index in [0.717, 1.165) is 25.7 Å². The highest BCUT2D eigenvalue weighted by Gasteiger charge is 2.49. The van der Waals surface area contributed by atoms with Gasteiger partial charge in [-0.2, -0.15) is 0 Å². The third-order valence-corrected chi connectivity index (χ3v) is 5.43. The Hall–Kier alpha value is 0.560. The smallest absolute Gasteiger partial charge is 0.264 e. The molecule has 13 heavy (non-hydrogen) atoms. The Balaban J connectivity index is 2.72. The molecular weight excluding hydrogens is 225 g/mol. The highest BCUT2D eigenvalue weighted by atomic mass is 33.1. The van der Waals surface area contributed by atoms with Gasteiger partial charge in [-0.15, -0.1) is 0 Å². The Kier molecular flexibility index (Phi) is 3.93. The maximum Gasteiger partial charge on any atom is 0.264 e. The van der Waals surface area contributed by atoms with Crippen LogP contribution in [0, 0.1) is 5.92 Å². The second-order valence-corrected chi connectivity index (χ2v) is 9.90. The number of hydrogen-bond acceptors (Lipinski definition) is 4. The number of hydrogen-bond donors (Lipinski definition) is 4. The molecule has 76 valence electrons. The van der Waals surface area contributed by atoms with Gasteiger partial charge in [-0.05, 0) is 12.8 Å². The van der Waals surface area contributed by atoms with Crippen molar-refractivity contribution >= 4 is 36.3 Å². The van der Waals surface area contributed by atoms with Crippen molar-refractivity contribution in [3.63, 3.8) is 0 Å². The van der Waals surface area contributed by atoms with Crippen LogP contribution in [0.3, 0.4) is 0 Å². The van der Waals surface area contributed by atoms with Crippen LogP contribution in [0.2, 0.25) is 0 Å². The number of rotatable bonds is 3. The molecule has 1 saturated carbocycles. The highest BCUT2D eigenvalue weighted by Crippen LogP contribution is 2.70. The Morgan fingerprint density at radius 3 is 2.23 bits per heavy atom. The second-order valence-electron chi connectivity index (χ2n) is 3.51. The van der Waals surface area contributed by atoms with E-state index in [0.29, 0.717) is 0 Å². The molecule has 0 spiro atoms. The lowest BCUT2D eigenvalue weighted by Crippen LogP contribution is -2.33. The topological polar surface area (TPSA) is 63.3 Å². The minimum Gasteiger partial charge on any atom is -0.366 e. The monoisotopic (exact) mass is 240 g/mol. The summed E-state index contributed by atoms with van der Waals surface area (Å²) in [5.41, 5.74) is 4.69. The fourth-order valence-corrected chi connectivity index (χ4v) is 4.98. The number of carbonyl (C=O) groups excluding carboxylic acids is 1. The van der Waals surface area contributed by atoms with Gasteiger partial charge >= 0.3 is 0 Å². The summed E-state index contributed by atoms with van der Waals surface area (Å²) in [6.07, 6.45) is 4.13. The van der Waals surface area contributed by atoms with Crippen LogP contribution >= 0.6 is 30.4 Å². The van der Waals surface area contributed by atoms with Crippen LogP contribution in [0.1, 0.15) is 25.7 Å². The van der Waals surface area contributed by atoms with Crippen molar-refractivity contribution in [2.45, 2.75) is 31.3 Å². The summed E-state index contributed by atoms with van der Waals surface area (Å²) >= 11 is 7.99. The van der Waals surface area contributed by atoms with Gasteiger partial charge in [0.2, 0.25) is 0 Å². The van der Waals surface area contributed by atoms with Crippen molar-refractivity contribution in [2.24, 2.45) is 11.7 Å². The molecule has 1 aliphatic carbocycles. The zero-order valence-corrected chi connectivity index (χ0v) is 9.94. The van der Waals surface area contributed by atoms with Gasteiger partial charge in [-0.3, -0.25) is 4.79 Å². The highest BCUT2D eigenvalue weighted by molar-refractivity contribution is 8.83. The quantitative estimate of drug-likeness (QED) is 0.448. The molecule has 0 bridgehead atoms. The zero-order chi connectivity index (χ0) is 10.1. The average Bonchev–Trinajstić information content (AvgIpc) is 2.34. The Bertz CT molecular complexity index is 201. The van der Waals surface area contributed by atoms with E-state index in [4.69, 9.17) is 5.73 Å². The van der Waals surface area contributed by atoms with Crippen LogP contribution in [0.15, 0.2) is 0 Å². The summed E-state index contributed by atoms with van der Waals surface area (Å²) in [4.78, 5) is 20.8. The Morgan fingerprint density at radius 2 is 1.92 bits per heavy atom. The largest absolute Gasteiger partial charge is 0.366 e. The van der Waals surface area contributed by atoms with Crippen molar-refractivity contribution in [3.8, 4) is 0 Å². The standard InChI is InChI=1S/C7H14NO2PS2/c8-7(9)6(11(10,12)13)5-3-1-2-4-5/h5-6,10,12-13H,1-4H2,(H-,8,9)/p+1. The molecule has 3 N–H and O–H groups in total. The second kappa shape index (κ2) is 4.39. The van der Waals surface area contributed by atoms with E-state index in [9.17, 15) is 9.69 Å². The first kappa shape index (κ1) is 11.6. The summed E-state index contributed by atoms with van der Waals surface area (Å²) in [5, 5.41) is 0. The van der Waals surface area contributed by atoms with E-state index < -0.39 is 17.5 Å². The van der Waals surface area contributed by atoms with Gasteiger partial charge in [0.1, 0.15) is 0 Å². The Labute approximate surface area is 89.2 Å². The molecule has 0 aromatic heterocycles. The number of thiol groups is 2. The molecule has 0 aliphatic heterocycles. The molecular formula is C7H15NO2PS2+. The molecule has 0 aromatic carbocycles. The molecule has 0 radical (unpaired) electrons. The van der Waals surface area contributed by atoms with E-state index in [1.54, 1.807) is 0 Å². The van der Waals surface area contributed by atoms with Crippen LogP contribution in [-0.4, -0.2) is 16.5 Å². The van der Waals surface area contributed by atoms with E-state index in [1.165, 1.54) is 0 Å². The fourth-order valence-electron chi connectivity index (χ4n) is 1.96. The van der Waals surface area contributed by atoms with Gasteiger partial charge in [0.05, 0.1) is 0 Å². The van der Waals surface area contributed by atoms with Crippen LogP contribution in [0.25, 0.3) is 0 Å². The maximum absolute atomic E-state index is 11.1. The zero-order valence-electron chi connectivity index (χ0n) is 7.26. The molecule has 1 rings (SSSR count). The first-order valence-corrected chi connectivity index (χ1v) is 8.41. The van der Waals surface area contributed by atoms with Gasteiger partial charge in [0, 0.05) is 30.4 Å². The lowest BCUT2D eigenvalue weighted by molar-refractivity contribution is -0.118. The van der Waals surface area contributed by atoms with Gasteiger partial charge in [0.25, 0.3) is 11.8 Å². The van der Waals surface area contributed by atoms with Crippen molar-refractivity contribution in [2.75, 3.05) is 0 Å². The number of carbonyl (C=O) groups is 1. The molecule has 1 unspecified atom stereocenters. The van der Waals surface area contributed by atoms with Gasteiger partial charge in [0.15, 0.2) is 5.66 Å². The molecule has 1 aliphatic rings. The summed E-state index contributed by atoms with van der Waals surface area (Å²) in [7, 11) is 0. The molecule has 6 heteroatoms. The van der Waals surface area contributed by atoms with E-state index in [1.807, 2.05) is 0 Å². The lowest BCUT2D eigenvalue weighted by atomic mass is 10.0. The van der Waals surface area contributed by atoms with Crippen LogP contribution in [0.4, 0.5) is 0 Å². The van der Waals surface area contributed by atoms with Crippen LogP contribution < -0.4 is 5.73 Å². The van der Waals surface area contributed by atoms with Crippen molar-refractivity contribution in [1.82, 2.24) is 0 Å². The normalized spacial score (nSPS) is 21.8. The first-order valence-electron chi connectivity index (χ1n) is 4.29. The van der Waals surface area contributed by atoms with Crippen molar-refractivity contribution in [1.29, 1.82) is 0 Å². The number of primary amides is 1. The summed E-state index contributed by atoms with van der Waals surface area (Å²) in [6, 6.07) is 0. The van der Waals surface area contributed by atoms with E-state index in [-0.39, 0.29) is 5.92 Å². The average molecular weight is 240 g/mol. The summed E-state index contributed by atoms with van der Waals surface area (Å²) in [5.74, 6) is -3.00. The van der Waals surface area contributed by atoms with Gasteiger partial charge < -0.3 is 5.73 Å². The lowest BCUT2D eigenvalue weighted by Gasteiger charge is -2.21. The van der Waals surface area contributed by atoms with Crippen molar-refractivity contribution < 1.29 is 9.69 Å². The molecule has 1 atom stereocenters. The molecule has 0 saturated heterocycles. The minimum absolute atomic E-state index is 0.186. The molecule has 0 aromatic rings. The maximum atomic E-state index is 11.1. The fraction of sp³-hybridized carbons (Fsp3) is 0.857. The van der Waals surface area contributed by atoms with Gasteiger partial charge in [-0.25, -0.2) is 4.89 Å². The predicted octanol–water partition coefficient (Wildman–Crippen LogP) is 1.65. The predicted molar refractivity (Wildman–Crippen MR) is 62.1 cm³/mol. The molecule has 1 amide bonds. The van der Waals surface area contributed by atoms with Crippen LogP contribution in [0.5, 0.6) is 0 Å². The Morgan fingerprint density at radius 1 is 1.46 bits per heavy atom. The molecule has 1 fully saturated rings. The van der Waals surface area contributed by atoms with Gasteiger partial charge in [-0.1, -0.05) is 12.8 Å². The van der Waals surface area contributed by atoms with Crippen molar-refractivity contribution in [3.05, 3.63) is 0 Å². The third-order valence-electron chi connectivity index (χ3n) is 2.51. The van der Waals surface area contributed by atoms with E-state index >= 15 is 0 Å².